The van der Waals surface area contributed by atoms with Crippen LogP contribution in [0.2, 0.25) is 0 Å². The lowest BCUT2D eigenvalue weighted by Crippen LogP contribution is -2.35. The number of aliphatic hydroxyl groups excluding tert-OH is 1. The lowest BCUT2D eigenvalue weighted by molar-refractivity contribution is -0.117. The zero-order valence-electron chi connectivity index (χ0n) is 11.6. The molecule has 1 amide bonds. The van der Waals surface area contributed by atoms with Gasteiger partial charge in [-0.25, -0.2) is 0 Å². The lowest BCUT2D eigenvalue weighted by Gasteiger charge is -2.18. The maximum atomic E-state index is 11.9. The van der Waals surface area contributed by atoms with E-state index in [-0.39, 0.29) is 19.1 Å². The van der Waals surface area contributed by atoms with Gasteiger partial charge < -0.3 is 10.4 Å². The molecule has 0 fully saturated rings. The molecule has 104 valence electrons. The molecular formula is C15H22N2O2. The van der Waals surface area contributed by atoms with Crippen LogP contribution in [-0.2, 0) is 4.79 Å². The fourth-order valence-electron chi connectivity index (χ4n) is 2.01. The molecule has 0 bridgehead atoms. The Balaban J connectivity index is 2.60. The second-order valence-electron chi connectivity index (χ2n) is 4.67. The van der Waals surface area contributed by atoms with Crippen molar-refractivity contribution in [3.05, 3.63) is 42.0 Å². The lowest BCUT2D eigenvalue weighted by atomic mass is 10.1. The smallest absolute Gasteiger partial charge is 0.238 e. The van der Waals surface area contributed by atoms with Gasteiger partial charge in [-0.2, -0.15) is 0 Å². The fraction of sp³-hybridized carbons (Fsp3) is 0.400. The average molecular weight is 262 g/mol. The van der Waals surface area contributed by atoms with E-state index in [2.05, 4.69) is 18.0 Å². The number of nitrogens with zero attached hydrogens (tertiary/aromatic N) is 1. The van der Waals surface area contributed by atoms with Crippen molar-refractivity contribution >= 4 is 11.6 Å². The first-order chi connectivity index (χ1) is 9.05. The summed E-state index contributed by atoms with van der Waals surface area (Å²) in [6, 6.07) is 5.94. The Morgan fingerprint density at radius 1 is 1.37 bits per heavy atom. The van der Waals surface area contributed by atoms with E-state index < -0.39 is 0 Å². The third kappa shape index (κ3) is 5.68. The summed E-state index contributed by atoms with van der Waals surface area (Å²) in [5, 5.41) is 11.8. The van der Waals surface area contributed by atoms with Crippen LogP contribution in [0, 0.1) is 13.8 Å². The number of amides is 1. The number of benzene rings is 1. The Bertz CT molecular complexity index is 424. The first-order valence-electron chi connectivity index (χ1n) is 6.37. The highest BCUT2D eigenvalue weighted by atomic mass is 16.3. The molecule has 4 heteroatoms. The van der Waals surface area contributed by atoms with E-state index >= 15 is 0 Å². The Labute approximate surface area is 114 Å². The molecule has 1 aromatic carbocycles. The summed E-state index contributed by atoms with van der Waals surface area (Å²) in [5.41, 5.74) is 3.05. The summed E-state index contributed by atoms with van der Waals surface area (Å²) >= 11 is 0. The van der Waals surface area contributed by atoms with Crippen LogP contribution in [0.3, 0.4) is 0 Å². The number of aryl methyl sites for hydroxylation is 2. The number of anilines is 1. The van der Waals surface area contributed by atoms with Crippen LogP contribution in [0.25, 0.3) is 0 Å². The van der Waals surface area contributed by atoms with Crippen LogP contribution in [-0.4, -0.2) is 42.2 Å². The third-order valence-electron chi connectivity index (χ3n) is 2.68. The van der Waals surface area contributed by atoms with Crippen molar-refractivity contribution in [1.82, 2.24) is 4.90 Å². The van der Waals surface area contributed by atoms with E-state index in [4.69, 9.17) is 5.11 Å². The summed E-state index contributed by atoms with van der Waals surface area (Å²) in [5.74, 6) is -0.0831. The molecular weight excluding hydrogens is 240 g/mol. The summed E-state index contributed by atoms with van der Waals surface area (Å²) in [7, 11) is 0. The molecule has 1 rings (SSSR count). The van der Waals surface area contributed by atoms with Crippen molar-refractivity contribution in [3.63, 3.8) is 0 Å². The quantitative estimate of drug-likeness (QED) is 0.736. The second kappa shape index (κ2) is 7.71. The zero-order chi connectivity index (χ0) is 14.3. The standard InChI is InChI=1S/C15H22N2O2/c1-4-5-17(6-7-18)11-15(19)16-14-9-12(2)8-13(3)10-14/h4,8-10,18H,1,5-7,11H2,2-3H3,(H,16,19). The summed E-state index contributed by atoms with van der Waals surface area (Å²) < 4.78 is 0. The molecule has 0 radical (unpaired) electrons. The van der Waals surface area contributed by atoms with Crippen molar-refractivity contribution in [2.45, 2.75) is 13.8 Å². The molecule has 0 heterocycles. The Kier molecular flexibility index (Phi) is 6.25. The van der Waals surface area contributed by atoms with Gasteiger partial charge in [0.2, 0.25) is 5.91 Å². The Hall–Kier alpha value is -1.65. The van der Waals surface area contributed by atoms with Gasteiger partial charge in [0.1, 0.15) is 0 Å². The van der Waals surface area contributed by atoms with Crippen molar-refractivity contribution in [3.8, 4) is 0 Å². The third-order valence-corrected chi connectivity index (χ3v) is 2.68. The van der Waals surface area contributed by atoms with Crippen molar-refractivity contribution in [2.75, 3.05) is 31.6 Å². The summed E-state index contributed by atoms with van der Waals surface area (Å²) in [6.45, 7) is 8.97. The number of rotatable bonds is 7. The molecule has 0 aliphatic rings. The van der Waals surface area contributed by atoms with Crippen molar-refractivity contribution in [2.24, 2.45) is 0 Å². The van der Waals surface area contributed by atoms with Crippen LogP contribution < -0.4 is 5.32 Å². The number of carbonyl (C=O) groups excluding carboxylic acids is 1. The predicted octanol–water partition coefficient (Wildman–Crippen LogP) is 1.72. The van der Waals surface area contributed by atoms with Gasteiger partial charge in [0.05, 0.1) is 13.2 Å². The number of carbonyl (C=O) groups is 1. The molecule has 2 N–H and O–H groups in total. The topological polar surface area (TPSA) is 52.6 Å². The summed E-state index contributed by atoms with van der Waals surface area (Å²) in [6.07, 6.45) is 1.72. The van der Waals surface area contributed by atoms with Crippen LogP contribution in [0.15, 0.2) is 30.9 Å². The number of hydrogen-bond donors (Lipinski definition) is 2. The minimum atomic E-state index is -0.0831. The van der Waals surface area contributed by atoms with Gasteiger partial charge in [0.15, 0.2) is 0 Å². The molecule has 1 aromatic rings. The highest BCUT2D eigenvalue weighted by molar-refractivity contribution is 5.92. The van der Waals surface area contributed by atoms with Gasteiger partial charge in [-0.05, 0) is 37.1 Å². The van der Waals surface area contributed by atoms with Gasteiger partial charge >= 0.3 is 0 Å². The van der Waals surface area contributed by atoms with Crippen LogP contribution >= 0.6 is 0 Å². The van der Waals surface area contributed by atoms with Gasteiger partial charge in [-0.3, -0.25) is 9.69 Å². The first kappa shape index (κ1) is 15.4. The maximum absolute atomic E-state index is 11.9. The SMILES string of the molecule is C=CCN(CCO)CC(=O)Nc1cc(C)cc(C)c1. The highest BCUT2D eigenvalue weighted by Gasteiger charge is 2.09. The summed E-state index contributed by atoms with van der Waals surface area (Å²) in [4.78, 5) is 13.8. The van der Waals surface area contributed by atoms with Crippen molar-refractivity contribution < 1.29 is 9.90 Å². The molecule has 0 saturated heterocycles. The van der Waals surface area contributed by atoms with Crippen LogP contribution in [0.5, 0.6) is 0 Å². The molecule has 0 saturated carbocycles. The van der Waals surface area contributed by atoms with E-state index in [1.165, 1.54) is 0 Å². The van der Waals surface area contributed by atoms with E-state index in [0.717, 1.165) is 16.8 Å². The molecule has 19 heavy (non-hydrogen) atoms. The highest BCUT2D eigenvalue weighted by Crippen LogP contribution is 2.13. The minimum absolute atomic E-state index is 0.0324. The van der Waals surface area contributed by atoms with E-state index in [1.54, 1.807) is 6.08 Å². The fourth-order valence-corrected chi connectivity index (χ4v) is 2.01. The molecule has 0 aliphatic heterocycles. The second-order valence-corrected chi connectivity index (χ2v) is 4.67. The largest absolute Gasteiger partial charge is 0.395 e. The monoisotopic (exact) mass is 262 g/mol. The molecule has 4 nitrogen and oxygen atoms in total. The number of hydrogen-bond acceptors (Lipinski definition) is 3. The van der Waals surface area contributed by atoms with Gasteiger partial charge in [0, 0.05) is 18.8 Å². The Morgan fingerprint density at radius 2 is 2.00 bits per heavy atom. The maximum Gasteiger partial charge on any atom is 0.238 e. The van der Waals surface area contributed by atoms with Gasteiger partial charge in [-0.15, -0.1) is 6.58 Å². The predicted molar refractivity (Wildman–Crippen MR) is 78.3 cm³/mol. The normalized spacial score (nSPS) is 10.5. The molecule has 0 aliphatic carbocycles. The zero-order valence-corrected chi connectivity index (χ0v) is 11.6. The van der Waals surface area contributed by atoms with Crippen LogP contribution in [0.4, 0.5) is 5.69 Å². The molecule has 0 spiro atoms. The average Bonchev–Trinajstić information content (AvgIpc) is 2.27. The molecule has 0 aromatic heterocycles. The van der Waals surface area contributed by atoms with E-state index in [0.29, 0.717) is 13.1 Å². The first-order valence-corrected chi connectivity index (χ1v) is 6.37. The van der Waals surface area contributed by atoms with E-state index in [9.17, 15) is 4.79 Å². The Morgan fingerprint density at radius 3 is 2.53 bits per heavy atom. The van der Waals surface area contributed by atoms with E-state index in [1.807, 2.05) is 30.9 Å². The molecule has 0 unspecified atom stereocenters. The number of aliphatic hydroxyl groups is 1. The minimum Gasteiger partial charge on any atom is -0.395 e. The number of nitrogens with one attached hydrogen (secondary N) is 1. The van der Waals surface area contributed by atoms with Gasteiger partial charge in [-0.1, -0.05) is 12.1 Å². The van der Waals surface area contributed by atoms with Gasteiger partial charge in [0.25, 0.3) is 0 Å². The molecule has 0 atom stereocenters. The van der Waals surface area contributed by atoms with Crippen LogP contribution in [0.1, 0.15) is 11.1 Å². The van der Waals surface area contributed by atoms with Crippen molar-refractivity contribution in [1.29, 1.82) is 0 Å².